The third-order valence-electron chi connectivity index (χ3n) is 4.01. The summed E-state index contributed by atoms with van der Waals surface area (Å²) in [4.78, 5) is 28.8. The summed E-state index contributed by atoms with van der Waals surface area (Å²) in [6.45, 7) is -0.233. The molecule has 0 aliphatic heterocycles. The number of carbonyl (C=O) groups is 2. The Kier molecular flexibility index (Phi) is 5.56. The van der Waals surface area contributed by atoms with Crippen molar-refractivity contribution in [3.8, 4) is 0 Å². The minimum absolute atomic E-state index is 0.255. The number of hydrogen-bond acceptors (Lipinski definition) is 4. The molecule has 1 aromatic heterocycles. The number of para-hydroxylation sites is 1. The van der Waals surface area contributed by atoms with Crippen LogP contribution in [0.4, 0.5) is 0 Å². The standard InChI is InChI=1S/C20H19N3O3/c24-13-17(23-19(25)15-6-2-1-3-7-15)20(26)22-12-16-9-4-8-14-10-5-11-21-18(14)16/h1-11,17,24H,12-13H2,(H,22,26)(H,23,25)/t17-/m0/s1. The van der Waals surface area contributed by atoms with Gasteiger partial charge in [-0.05, 0) is 23.8 Å². The molecule has 0 saturated carbocycles. The fraction of sp³-hybridized carbons (Fsp3) is 0.150. The number of nitrogens with one attached hydrogen (secondary N) is 2. The topological polar surface area (TPSA) is 91.3 Å². The van der Waals surface area contributed by atoms with Gasteiger partial charge in [0.1, 0.15) is 6.04 Å². The third-order valence-corrected chi connectivity index (χ3v) is 4.01. The van der Waals surface area contributed by atoms with Crippen molar-refractivity contribution in [2.75, 3.05) is 6.61 Å². The van der Waals surface area contributed by atoms with Gasteiger partial charge in [0.05, 0.1) is 12.1 Å². The number of rotatable bonds is 6. The molecule has 2 aromatic carbocycles. The number of aliphatic hydroxyl groups is 1. The number of amides is 2. The quantitative estimate of drug-likeness (QED) is 0.631. The van der Waals surface area contributed by atoms with Crippen LogP contribution in [0.2, 0.25) is 0 Å². The van der Waals surface area contributed by atoms with Crippen molar-refractivity contribution < 1.29 is 14.7 Å². The second-order valence-corrected chi connectivity index (χ2v) is 5.78. The number of nitrogens with zero attached hydrogens (tertiary/aromatic N) is 1. The van der Waals surface area contributed by atoms with E-state index in [-0.39, 0.29) is 6.54 Å². The predicted octanol–water partition coefficient (Wildman–Crippen LogP) is 1.64. The molecule has 0 spiro atoms. The molecule has 6 heteroatoms. The normalized spacial score (nSPS) is 11.7. The summed E-state index contributed by atoms with van der Waals surface area (Å²) < 4.78 is 0. The van der Waals surface area contributed by atoms with Crippen molar-refractivity contribution in [2.45, 2.75) is 12.6 Å². The lowest BCUT2D eigenvalue weighted by Gasteiger charge is -2.16. The molecule has 1 heterocycles. The Morgan fingerprint density at radius 2 is 1.77 bits per heavy atom. The zero-order valence-electron chi connectivity index (χ0n) is 14.1. The molecule has 132 valence electrons. The van der Waals surface area contributed by atoms with E-state index in [4.69, 9.17) is 0 Å². The summed E-state index contributed by atoms with van der Waals surface area (Å²) in [5, 5.41) is 15.7. The van der Waals surface area contributed by atoms with Gasteiger partial charge in [-0.3, -0.25) is 14.6 Å². The van der Waals surface area contributed by atoms with Crippen molar-refractivity contribution in [3.05, 3.63) is 78.0 Å². The number of hydrogen-bond donors (Lipinski definition) is 3. The average molecular weight is 349 g/mol. The van der Waals surface area contributed by atoms with Crippen LogP contribution in [0, 0.1) is 0 Å². The van der Waals surface area contributed by atoms with Crippen molar-refractivity contribution in [2.24, 2.45) is 0 Å². The summed E-state index contributed by atoms with van der Waals surface area (Å²) in [5.41, 5.74) is 2.10. The Bertz CT molecular complexity index is 907. The molecule has 0 bridgehead atoms. The smallest absolute Gasteiger partial charge is 0.251 e. The molecule has 0 fully saturated rings. The Hall–Kier alpha value is -3.25. The van der Waals surface area contributed by atoms with Gasteiger partial charge in [-0.25, -0.2) is 0 Å². The highest BCUT2D eigenvalue weighted by Gasteiger charge is 2.20. The van der Waals surface area contributed by atoms with E-state index in [9.17, 15) is 14.7 Å². The number of benzene rings is 2. The van der Waals surface area contributed by atoms with Crippen LogP contribution < -0.4 is 10.6 Å². The van der Waals surface area contributed by atoms with E-state index >= 15 is 0 Å². The summed E-state index contributed by atoms with van der Waals surface area (Å²) in [6, 6.07) is 17.1. The summed E-state index contributed by atoms with van der Waals surface area (Å²) in [7, 11) is 0. The molecule has 1 atom stereocenters. The SMILES string of the molecule is O=C(N[C@@H](CO)C(=O)NCc1cccc2cccnc12)c1ccccc1. The molecule has 0 unspecified atom stereocenters. The van der Waals surface area contributed by atoms with E-state index in [0.717, 1.165) is 16.5 Å². The number of carbonyl (C=O) groups excluding carboxylic acids is 2. The molecule has 3 aromatic rings. The Balaban J connectivity index is 1.65. The maximum Gasteiger partial charge on any atom is 0.251 e. The number of aromatic nitrogens is 1. The zero-order chi connectivity index (χ0) is 18.4. The van der Waals surface area contributed by atoms with Gasteiger partial charge in [0, 0.05) is 23.7 Å². The first-order valence-corrected chi connectivity index (χ1v) is 8.26. The molecule has 0 aliphatic rings. The van der Waals surface area contributed by atoms with Crippen LogP contribution >= 0.6 is 0 Å². The fourth-order valence-corrected chi connectivity index (χ4v) is 2.64. The first-order valence-electron chi connectivity index (χ1n) is 8.26. The van der Waals surface area contributed by atoms with Gasteiger partial charge >= 0.3 is 0 Å². The molecule has 0 radical (unpaired) electrons. The minimum Gasteiger partial charge on any atom is -0.394 e. The second kappa shape index (κ2) is 8.22. The zero-order valence-corrected chi connectivity index (χ0v) is 14.1. The molecule has 2 amide bonds. The lowest BCUT2D eigenvalue weighted by atomic mass is 10.1. The molecule has 26 heavy (non-hydrogen) atoms. The van der Waals surface area contributed by atoms with E-state index < -0.39 is 24.5 Å². The van der Waals surface area contributed by atoms with E-state index in [1.807, 2.05) is 30.3 Å². The largest absolute Gasteiger partial charge is 0.394 e. The minimum atomic E-state index is -1.02. The highest BCUT2D eigenvalue weighted by molar-refractivity contribution is 5.97. The first-order chi connectivity index (χ1) is 12.7. The van der Waals surface area contributed by atoms with Crippen LogP contribution in [0.25, 0.3) is 10.9 Å². The van der Waals surface area contributed by atoms with Gasteiger partial charge in [-0.1, -0.05) is 42.5 Å². The molecular formula is C20H19N3O3. The number of aliphatic hydroxyl groups excluding tert-OH is 1. The number of pyridine rings is 1. The van der Waals surface area contributed by atoms with Crippen molar-refractivity contribution >= 4 is 22.7 Å². The first kappa shape index (κ1) is 17.6. The van der Waals surface area contributed by atoms with Crippen LogP contribution in [0.15, 0.2) is 66.9 Å². The van der Waals surface area contributed by atoms with Gasteiger partial charge in [0.15, 0.2) is 0 Å². The summed E-state index contributed by atoms with van der Waals surface area (Å²) >= 11 is 0. The van der Waals surface area contributed by atoms with Crippen LogP contribution in [0.3, 0.4) is 0 Å². The molecule has 0 aliphatic carbocycles. The van der Waals surface area contributed by atoms with Gasteiger partial charge in [0.2, 0.25) is 5.91 Å². The van der Waals surface area contributed by atoms with Crippen LogP contribution in [-0.2, 0) is 11.3 Å². The Morgan fingerprint density at radius 1 is 1.00 bits per heavy atom. The van der Waals surface area contributed by atoms with Crippen molar-refractivity contribution in [1.29, 1.82) is 0 Å². The van der Waals surface area contributed by atoms with E-state index in [0.29, 0.717) is 5.56 Å². The summed E-state index contributed by atoms with van der Waals surface area (Å²) in [5.74, 6) is -0.864. The second-order valence-electron chi connectivity index (χ2n) is 5.78. The van der Waals surface area contributed by atoms with Gasteiger partial charge in [0.25, 0.3) is 5.91 Å². The van der Waals surface area contributed by atoms with Crippen LogP contribution in [0.1, 0.15) is 15.9 Å². The van der Waals surface area contributed by atoms with E-state index in [1.54, 1.807) is 36.5 Å². The average Bonchev–Trinajstić information content (AvgIpc) is 2.70. The van der Waals surface area contributed by atoms with Gasteiger partial charge in [-0.2, -0.15) is 0 Å². The van der Waals surface area contributed by atoms with E-state index in [2.05, 4.69) is 15.6 Å². The summed E-state index contributed by atoms with van der Waals surface area (Å²) in [6.07, 6.45) is 1.70. The highest BCUT2D eigenvalue weighted by atomic mass is 16.3. The molecular weight excluding hydrogens is 330 g/mol. The fourth-order valence-electron chi connectivity index (χ4n) is 2.64. The Morgan fingerprint density at radius 3 is 2.54 bits per heavy atom. The van der Waals surface area contributed by atoms with Gasteiger partial charge in [-0.15, -0.1) is 0 Å². The lowest BCUT2D eigenvalue weighted by molar-refractivity contribution is -0.124. The Labute approximate surface area is 150 Å². The molecule has 0 saturated heterocycles. The van der Waals surface area contributed by atoms with Gasteiger partial charge < -0.3 is 15.7 Å². The van der Waals surface area contributed by atoms with Crippen molar-refractivity contribution in [1.82, 2.24) is 15.6 Å². The number of fused-ring (bicyclic) bond motifs is 1. The van der Waals surface area contributed by atoms with Crippen LogP contribution in [-0.4, -0.2) is 34.6 Å². The molecule has 3 rings (SSSR count). The van der Waals surface area contributed by atoms with E-state index in [1.165, 1.54) is 0 Å². The van der Waals surface area contributed by atoms with Crippen LogP contribution in [0.5, 0.6) is 0 Å². The predicted molar refractivity (Wildman–Crippen MR) is 98.4 cm³/mol. The van der Waals surface area contributed by atoms with Crippen molar-refractivity contribution in [3.63, 3.8) is 0 Å². The maximum atomic E-state index is 12.3. The lowest BCUT2D eigenvalue weighted by Crippen LogP contribution is -2.48. The monoisotopic (exact) mass is 349 g/mol. The molecule has 3 N–H and O–H groups in total. The molecule has 6 nitrogen and oxygen atoms in total. The maximum absolute atomic E-state index is 12.3. The highest BCUT2D eigenvalue weighted by Crippen LogP contribution is 2.15. The third kappa shape index (κ3) is 4.04.